The first-order valence-electron chi connectivity index (χ1n) is 8.22. The van der Waals surface area contributed by atoms with Crippen molar-refractivity contribution in [2.75, 3.05) is 10.6 Å². The minimum absolute atomic E-state index is 0.0681. The molecule has 1 aliphatic carbocycles. The van der Waals surface area contributed by atoms with Crippen molar-refractivity contribution in [1.29, 1.82) is 0 Å². The summed E-state index contributed by atoms with van der Waals surface area (Å²) in [7, 11) is 0. The first-order valence-corrected chi connectivity index (χ1v) is 8.22. The average Bonchev–Trinajstić information content (AvgIpc) is 3.04. The number of fused-ring (bicyclic) bond motifs is 3. The van der Waals surface area contributed by atoms with E-state index in [1.165, 1.54) is 24.6 Å². The highest BCUT2D eigenvalue weighted by atomic mass is 19.1. The summed E-state index contributed by atoms with van der Waals surface area (Å²) in [5.41, 5.74) is 4.21. The van der Waals surface area contributed by atoms with Crippen molar-refractivity contribution in [3.63, 3.8) is 0 Å². The number of hydrogen-bond donors (Lipinski definition) is 2. The molecule has 1 heterocycles. The minimum Gasteiger partial charge on any atom is -0.378 e. The second-order valence-electron chi connectivity index (χ2n) is 6.51. The van der Waals surface area contributed by atoms with E-state index in [1.807, 2.05) is 24.3 Å². The lowest BCUT2D eigenvalue weighted by atomic mass is 9.77. The SMILES string of the molecule is CC(=O)Nc1ccc2c(c1)C1C=CCC1C(c1ccc(F)cc1)N2. The van der Waals surface area contributed by atoms with Crippen LogP contribution in [0.1, 0.15) is 36.4 Å². The van der Waals surface area contributed by atoms with Crippen LogP contribution in [0.5, 0.6) is 0 Å². The summed E-state index contributed by atoms with van der Waals surface area (Å²) >= 11 is 0. The fraction of sp³-hybridized carbons (Fsp3) is 0.250. The number of halogens is 1. The van der Waals surface area contributed by atoms with Crippen LogP contribution in [0.3, 0.4) is 0 Å². The molecule has 0 fully saturated rings. The number of carbonyl (C=O) groups excluding carboxylic acids is 1. The fourth-order valence-electron chi connectivity index (χ4n) is 3.88. The first-order chi connectivity index (χ1) is 11.6. The van der Waals surface area contributed by atoms with Crippen molar-refractivity contribution < 1.29 is 9.18 Å². The highest BCUT2D eigenvalue weighted by Gasteiger charge is 2.37. The summed E-state index contributed by atoms with van der Waals surface area (Å²) in [4.78, 5) is 11.3. The molecule has 2 aliphatic rings. The fourth-order valence-corrected chi connectivity index (χ4v) is 3.88. The molecule has 1 amide bonds. The van der Waals surface area contributed by atoms with E-state index >= 15 is 0 Å². The molecule has 3 nitrogen and oxygen atoms in total. The molecular formula is C20H19FN2O. The van der Waals surface area contributed by atoms with E-state index in [0.29, 0.717) is 11.8 Å². The third-order valence-corrected chi connectivity index (χ3v) is 4.91. The standard InChI is InChI=1S/C20H19FN2O/c1-12(24)22-15-9-10-19-18(11-15)16-3-2-4-17(16)20(23-19)13-5-7-14(21)8-6-13/h2-3,5-11,16-17,20,23H,4H2,1H3,(H,22,24). The van der Waals surface area contributed by atoms with Crippen LogP contribution in [0.25, 0.3) is 0 Å². The lowest BCUT2D eigenvalue weighted by Gasteiger charge is -2.37. The largest absolute Gasteiger partial charge is 0.378 e. The number of hydrogen-bond acceptors (Lipinski definition) is 2. The number of allylic oxidation sites excluding steroid dienone is 2. The molecule has 2 aromatic rings. The van der Waals surface area contributed by atoms with Crippen LogP contribution in [0, 0.1) is 11.7 Å². The van der Waals surface area contributed by atoms with Crippen molar-refractivity contribution in [3.05, 3.63) is 71.6 Å². The Morgan fingerprint density at radius 2 is 2.00 bits per heavy atom. The predicted octanol–water partition coefficient (Wildman–Crippen LogP) is 4.61. The quantitative estimate of drug-likeness (QED) is 0.793. The van der Waals surface area contributed by atoms with Crippen LogP contribution >= 0.6 is 0 Å². The van der Waals surface area contributed by atoms with Crippen LogP contribution in [0.4, 0.5) is 15.8 Å². The lowest BCUT2D eigenvalue weighted by molar-refractivity contribution is -0.114. The lowest BCUT2D eigenvalue weighted by Crippen LogP contribution is -2.29. The zero-order valence-corrected chi connectivity index (χ0v) is 13.4. The molecule has 0 spiro atoms. The van der Waals surface area contributed by atoms with E-state index in [0.717, 1.165) is 23.4 Å². The molecule has 3 atom stereocenters. The molecule has 0 saturated heterocycles. The van der Waals surface area contributed by atoms with Crippen molar-refractivity contribution in [3.8, 4) is 0 Å². The first kappa shape index (κ1) is 14.9. The van der Waals surface area contributed by atoms with Crippen LogP contribution in [0.15, 0.2) is 54.6 Å². The molecular weight excluding hydrogens is 303 g/mol. The van der Waals surface area contributed by atoms with E-state index in [1.54, 1.807) is 0 Å². The zero-order valence-electron chi connectivity index (χ0n) is 13.4. The molecule has 4 rings (SSSR count). The molecule has 122 valence electrons. The molecule has 2 N–H and O–H groups in total. The molecule has 3 unspecified atom stereocenters. The van der Waals surface area contributed by atoms with Crippen molar-refractivity contribution in [2.45, 2.75) is 25.3 Å². The van der Waals surface area contributed by atoms with E-state index in [4.69, 9.17) is 0 Å². The Balaban J connectivity index is 1.72. The Hall–Kier alpha value is -2.62. The van der Waals surface area contributed by atoms with Crippen molar-refractivity contribution in [2.24, 2.45) is 5.92 Å². The maximum absolute atomic E-state index is 13.2. The molecule has 4 heteroatoms. The van der Waals surface area contributed by atoms with E-state index in [2.05, 4.69) is 28.9 Å². The zero-order chi connectivity index (χ0) is 16.7. The second kappa shape index (κ2) is 5.78. The van der Waals surface area contributed by atoms with Gasteiger partial charge in [-0.25, -0.2) is 4.39 Å². The molecule has 2 aromatic carbocycles. The number of nitrogens with one attached hydrogen (secondary N) is 2. The molecule has 0 radical (unpaired) electrons. The third kappa shape index (κ3) is 2.58. The summed E-state index contributed by atoms with van der Waals surface area (Å²) in [6.07, 6.45) is 5.45. The summed E-state index contributed by atoms with van der Waals surface area (Å²) in [5, 5.41) is 6.46. The second-order valence-corrected chi connectivity index (χ2v) is 6.51. The van der Waals surface area contributed by atoms with Gasteiger partial charge in [-0.1, -0.05) is 24.3 Å². The van der Waals surface area contributed by atoms with E-state index in [-0.39, 0.29) is 17.8 Å². The summed E-state index contributed by atoms with van der Waals surface area (Å²) in [6, 6.07) is 12.9. The number of carbonyl (C=O) groups is 1. The molecule has 0 bridgehead atoms. The van der Waals surface area contributed by atoms with Gasteiger partial charge in [0.25, 0.3) is 0 Å². The monoisotopic (exact) mass is 322 g/mol. The summed E-state index contributed by atoms with van der Waals surface area (Å²) in [5.74, 6) is 0.429. The normalized spacial score (nSPS) is 24.0. The van der Waals surface area contributed by atoms with Crippen LogP contribution in [0.2, 0.25) is 0 Å². The summed E-state index contributed by atoms with van der Waals surface area (Å²) in [6.45, 7) is 1.51. The highest BCUT2D eigenvalue weighted by molar-refractivity contribution is 5.89. The highest BCUT2D eigenvalue weighted by Crippen LogP contribution is 2.50. The van der Waals surface area contributed by atoms with Crippen LogP contribution < -0.4 is 10.6 Å². The average molecular weight is 322 g/mol. The topological polar surface area (TPSA) is 41.1 Å². The molecule has 0 aromatic heterocycles. The van der Waals surface area contributed by atoms with Gasteiger partial charge in [0.2, 0.25) is 5.91 Å². The van der Waals surface area contributed by atoms with Gasteiger partial charge in [-0.05, 0) is 53.8 Å². The van der Waals surface area contributed by atoms with Gasteiger partial charge in [0.15, 0.2) is 0 Å². The predicted molar refractivity (Wildman–Crippen MR) is 93.5 cm³/mol. The van der Waals surface area contributed by atoms with E-state index < -0.39 is 0 Å². The molecule has 24 heavy (non-hydrogen) atoms. The Labute approximate surface area is 140 Å². The van der Waals surface area contributed by atoms with Crippen molar-refractivity contribution in [1.82, 2.24) is 0 Å². The smallest absolute Gasteiger partial charge is 0.221 e. The Kier molecular flexibility index (Phi) is 3.60. The van der Waals surface area contributed by atoms with Crippen molar-refractivity contribution >= 4 is 17.3 Å². The van der Waals surface area contributed by atoms with Gasteiger partial charge in [-0.15, -0.1) is 0 Å². The van der Waals surface area contributed by atoms with Crippen LogP contribution in [-0.2, 0) is 4.79 Å². The van der Waals surface area contributed by atoms with E-state index in [9.17, 15) is 9.18 Å². The number of amides is 1. The number of anilines is 2. The summed E-state index contributed by atoms with van der Waals surface area (Å²) < 4.78 is 13.2. The van der Waals surface area contributed by atoms with Gasteiger partial charge < -0.3 is 10.6 Å². The van der Waals surface area contributed by atoms with Gasteiger partial charge in [0.1, 0.15) is 5.82 Å². The van der Waals surface area contributed by atoms with Gasteiger partial charge in [-0.2, -0.15) is 0 Å². The number of rotatable bonds is 2. The van der Waals surface area contributed by atoms with Gasteiger partial charge >= 0.3 is 0 Å². The molecule has 0 saturated carbocycles. The Morgan fingerprint density at radius 3 is 2.75 bits per heavy atom. The Morgan fingerprint density at radius 1 is 1.21 bits per heavy atom. The van der Waals surface area contributed by atoms with Crippen LogP contribution in [-0.4, -0.2) is 5.91 Å². The van der Waals surface area contributed by atoms with Gasteiger partial charge in [0.05, 0.1) is 6.04 Å². The van der Waals surface area contributed by atoms with Gasteiger partial charge in [-0.3, -0.25) is 4.79 Å². The Bertz CT molecular complexity index is 813. The minimum atomic E-state index is -0.212. The molecule has 1 aliphatic heterocycles. The maximum Gasteiger partial charge on any atom is 0.221 e. The number of benzene rings is 2. The van der Waals surface area contributed by atoms with Gasteiger partial charge in [0, 0.05) is 24.2 Å². The maximum atomic E-state index is 13.2. The third-order valence-electron chi connectivity index (χ3n) is 4.91.